The second kappa shape index (κ2) is 36.0. The molecule has 57 heavy (non-hydrogen) atoms. The van der Waals surface area contributed by atoms with Crippen molar-refractivity contribution < 1.29 is 50.0 Å². The van der Waals surface area contributed by atoms with Crippen LogP contribution in [-0.2, 0) is 14.3 Å². The van der Waals surface area contributed by atoms with Crippen molar-refractivity contribution in [3.8, 4) is 0 Å². The zero-order valence-corrected chi connectivity index (χ0v) is 35.6. The summed E-state index contributed by atoms with van der Waals surface area (Å²) in [5.41, 5.74) is 0. The minimum atomic E-state index is -1.67. The number of hydrogen-bond acceptors (Lipinski definition) is 10. The van der Waals surface area contributed by atoms with Crippen LogP contribution in [0.15, 0.2) is 48.6 Å². The Labute approximate surface area is 345 Å². The fourth-order valence-corrected chi connectivity index (χ4v) is 6.75. The topological polar surface area (TPSA) is 189 Å². The summed E-state index contributed by atoms with van der Waals surface area (Å²) in [6.07, 6.45) is 30.3. The maximum atomic E-state index is 13.0. The smallest absolute Gasteiger partial charge is 0.249 e. The molecule has 0 aromatic heterocycles. The number of aliphatic hydroxyl groups is 7. The summed E-state index contributed by atoms with van der Waals surface area (Å²) in [7, 11) is 0. The van der Waals surface area contributed by atoms with Gasteiger partial charge >= 0.3 is 0 Å². The monoisotopic (exact) mass is 810 g/mol. The van der Waals surface area contributed by atoms with Gasteiger partial charge in [0.1, 0.15) is 36.6 Å². The molecule has 1 fully saturated rings. The Morgan fingerprint density at radius 1 is 0.596 bits per heavy atom. The van der Waals surface area contributed by atoms with E-state index < -0.39 is 74.2 Å². The first-order valence-electron chi connectivity index (χ1n) is 22.5. The van der Waals surface area contributed by atoms with Gasteiger partial charge in [0.15, 0.2) is 6.29 Å². The normalized spacial score (nSPS) is 22.6. The molecule has 1 amide bonds. The predicted molar refractivity (Wildman–Crippen MR) is 228 cm³/mol. The molecule has 9 atom stereocenters. The number of carbonyl (C=O) groups is 1. The lowest BCUT2D eigenvalue weighted by Gasteiger charge is -2.40. The molecular weight excluding hydrogens is 727 g/mol. The van der Waals surface area contributed by atoms with Crippen molar-refractivity contribution in [3.63, 3.8) is 0 Å². The molecule has 9 unspecified atom stereocenters. The Kier molecular flexibility index (Phi) is 33.5. The third kappa shape index (κ3) is 26.0. The van der Waals surface area contributed by atoms with Gasteiger partial charge < -0.3 is 50.5 Å². The molecule has 1 aliphatic heterocycles. The molecule has 0 aromatic rings. The Balaban J connectivity index is 2.50. The molecule has 0 bridgehead atoms. The molecule has 1 heterocycles. The summed E-state index contributed by atoms with van der Waals surface area (Å²) in [6.45, 7) is 3.33. The molecule has 8 N–H and O–H groups in total. The third-order valence-electron chi connectivity index (χ3n) is 10.6. The average molecular weight is 810 g/mol. The summed E-state index contributed by atoms with van der Waals surface area (Å²) in [6, 6.07) is -1.20. The van der Waals surface area contributed by atoms with Crippen LogP contribution in [0, 0.1) is 0 Å². The fraction of sp³-hybridized carbons (Fsp3) is 0.804. The highest BCUT2D eigenvalue weighted by atomic mass is 16.7. The van der Waals surface area contributed by atoms with Gasteiger partial charge in [-0.05, 0) is 83.5 Å². The Hall–Kier alpha value is -1.93. The molecule has 332 valence electrons. The van der Waals surface area contributed by atoms with Crippen LogP contribution in [0.25, 0.3) is 0 Å². The summed E-state index contributed by atoms with van der Waals surface area (Å²) < 4.78 is 11.0. The van der Waals surface area contributed by atoms with E-state index in [1.165, 1.54) is 64.2 Å². The largest absolute Gasteiger partial charge is 0.394 e. The molecule has 1 saturated heterocycles. The van der Waals surface area contributed by atoms with Gasteiger partial charge in [0, 0.05) is 0 Å². The zero-order chi connectivity index (χ0) is 41.9. The Morgan fingerprint density at radius 3 is 1.61 bits per heavy atom. The van der Waals surface area contributed by atoms with Crippen molar-refractivity contribution >= 4 is 5.91 Å². The first-order chi connectivity index (χ1) is 27.7. The van der Waals surface area contributed by atoms with E-state index in [0.29, 0.717) is 19.3 Å². The van der Waals surface area contributed by atoms with Crippen molar-refractivity contribution in [2.75, 3.05) is 13.2 Å². The second-order valence-electron chi connectivity index (χ2n) is 15.7. The molecule has 0 spiro atoms. The SMILES string of the molecule is CCCC/C=C\CCCCCCC(O)C(=O)NC(COC1OC(CO)C(O)C(O)C1O)C(O)C(O)CCC/C=C/CC/C=C/CC/C=C/CCCCCCCCC. The molecule has 0 radical (unpaired) electrons. The molecule has 1 rings (SSSR count). The maximum absolute atomic E-state index is 13.0. The lowest BCUT2D eigenvalue weighted by molar-refractivity contribution is -0.303. The summed E-state index contributed by atoms with van der Waals surface area (Å²) >= 11 is 0. The lowest BCUT2D eigenvalue weighted by Crippen LogP contribution is -2.60. The van der Waals surface area contributed by atoms with E-state index in [1.54, 1.807) is 0 Å². The number of hydrogen-bond donors (Lipinski definition) is 8. The van der Waals surface area contributed by atoms with Crippen molar-refractivity contribution in [1.82, 2.24) is 5.32 Å². The van der Waals surface area contributed by atoms with Crippen LogP contribution in [-0.4, -0.2) is 110 Å². The molecule has 1 aliphatic rings. The number of amides is 1. The van der Waals surface area contributed by atoms with Gasteiger partial charge in [-0.15, -0.1) is 0 Å². The van der Waals surface area contributed by atoms with Crippen molar-refractivity contribution in [1.29, 1.82) is 0 Å². The molecule has 11 nitrogen and oxygen atoms in total. The zero-order valence-electron chi connectivity index (χ0n) is 35.6. The third-order valence-corrected chi connectivity index (χ3v) is 10.6. The van der Waals surface area contributed by atoms with E-state index in [2.05, 4.69) is 67.8 Å². The van der Waals surface area contributed by atoms with Crippen LogP contribution >= 0.6 is 0 Å². The van der Waals surface area contributed by atoms with Crippen LogP contribution in [0.4, 0.5) is 0 Å². The molecule has 0 saturated carbocycles. The predicted octanol–water partition coefficient (Wildman–Crippen LogP) is 7.00. The second-order valence-corrected chi connectivity index (χ2v) is 15.7. The molecule has 0 aromatic carbocycles. The van der Waals surface area contributed by atoms with E-state index in [4.69, 9.17) is 9.47 Å². The fourth-order valence-electron chi connectivity index (χ4n) is 6.75. The highest BCUT2D eigenvalue weighted by Gasteiger charge is 2.44. The van der Waals surface area contributed by atoms with E-state index >= 15 is 0 Å². The Morgan fingerprint density at radius 2 is 1.07 bits per heavy atom. The summed E-state index contributed by atoms with van der Waals surface area (Å²) in [5, 5.41) is 75.4. The standard InChI is InChI=1S/C46H83NO10/c1-3-5-7-9-11-13-15-16-17-18-19-20-21-22-23-24-26-27-29-31-33-38(49)41(51)37(36-56-46-44(54)43(53)42(52)40(35-48)57-46)47-45(55)39(50)34-32-30-28-25-14-12-10-8-6-4-2/h10,12,17-18,21-22,26-27,37-44,46,48-54H,3-9,11,13-16,19-20,23-25,28-36H2,1-2H3,(H,47,55)/b12-10-,18-17+,22-21+,27-26+. The first kappa shape index (κ1) is 53.1. The minimum Gasteiger partial charge on any atom is -0.394 e. The van der Waals surface area contributed by atoms with Gasteiger partial charge in [0.05, 0.1) is 25.4 Å². The van der Waals surface area contributed by atoms with Gasteiger partial charge in [-0.25, -0.2) is 0 Å². The van der Waals surface area contributed by atoms with Crippen molar-refractivity contribution in [2.45, 2.75) is 223 Å². The lowest BCUT2D eigenvalue weighted by atomic mass is 9.98. The van der Waals surface area contributed by atoms with Gasteiger partial charge in [0.25, 0.3) is 0 Å². The highest BCUT2D eigenvalue weighted by Crippen LogP contribution is 2.23. The van der Waals surface area contributed by atoms with E-state index in [-0.39, 0.29) is 12.8 Å². The summed E-state index contributed by atoms with van der Waals surface area (Å²) in [5.74, 6) is -0.727. The molecular formula is C46H83NO10. The van der Waals surface area contributed by atoms with E-state index in [9.17, 15) is 40.5 Å². The van der Waals surface area contributed by atoms with E-state index in [1.807, 2.05) is 0 Å². The number of rotatable bonds is 36. The van der Waals surface area contributed by atoms with E-state index in [0.717, 1.165) is 57.8 Å². The number of nitrogens with one attached hydrogen (secondary N) is 1. The van der Waals surface area contributed by atoms with Crippen molar-refractivity contribution in [2.24, 2.45) is 0 Å². The highest BCUT2D eigenvalue weighted by molar-refractivity contribution is 5.80. The minimum absolute atomic E-state index is 0.232. The van der Waals surface area contributed by atoms with Gasteiger partial charge in [-0.3, -0.25) is 4.79 Å². The average Bonchev–Trinajstić information content (AvgIpc) is 3.21. The molecule has 11 heteroatoms. The Bertz CT molecular complexity index is 1070. The van der Waals surface area contributed by atoms with Crippen LogP contribution in [0.2, 0.25) is 0 Å². The van der Waals surface area contributed by atoms with Gasteiger partial charge in [-0.2, -0.15) is 0 Å². The number of aliphatic hydroxyl groups excluding tert-OH is 7. The van der Waals surface area contributed by atoms with Gasteiger partial charge in [0.2, 0.25) is 5.91 Å². The van der Waals surface area contributed by atoms with Crippen molar-refractivity contribution in [3.05, 3.63) is 48.6 Å². The van der Waals surface area contributed by atoms with Crippen LogP contribution < -0.4 is 5.32 Å². The van der Waals surface area contributed by atoms with Crippen LogP contribution in [0.1, 0.15) is 168 Å². The number of carbonyl (C=O) groups excluding carboxylic acids is 1. The summed E-state index contributed by atoms with van der Waals surface area (Å²) in [4.78, 5) is 13.0. The maximum Gasteiger partial charge on any atom is 0.249 e. The number of allylic oxidation sites excluding steroid dienone is 8. The first-order valence-corrected chi connectivity index (χ1v) is 22.5. The van der Waals surface area contributed by atoms with Gasteiger partial charge in [-0.1, -0.05) is 133 Å². The molecule has 0 aliphatic carbocycles. The number of ether oxygens (including phenoxy) is 2. The van der Waals surface area contributed by atoms with Crippen LogP contribution in [0.5, 0.6) is 0 Å². The number of unbranched alkanes of at least 4 members (excludes halogenated alkanes) is 16. The van der Waals surface area contributed by atoms with Crippen LogP contribution in [0.3, 0.4) is 0 Å². The quantitative estimate of drug-likeness (QED) is 0.0242.